The fourth-order valence-corrected chi connectivity index (χ4v) is 3.25. The number of hydrogen-bond donors (Lipinski definition) is 3. The standard InChI is InChI=1S/C18H19N5O2/c24-17-11-23(10-16(17)21-18(25)15-5-7-20-22-15)9-12-3-4-14-13(8-12)2-1-6-19-14/h1-8,16-17,24H,9-11H2,(H,20,22)(H,21,25)/t16-,17-/m1/s1. The molecule has 1 aromatic carbocycles. The van der Waals surface area contributed by atoms with Crippen LogP contribution in [0.3, 0.4) is 0 Å². The Kier molecular flexibility index (Phi) is 4.17. The first-order valence-electron chi connectivity index (χ1n) is 8.23. The second-order valence-electron chi connectivity index (χ2n) is 6.34. The average Bonchev–Trinajstić information content (AvgIpc) is 3.25. The number of aromatic nitrogens is 3. The quantitative estimate of drug-likeness (QED) is 0.658. The molecule has 0 saturated carbocycles. The Labute approximate surface area is 144 Å². The molecule has 1 amide bonds. The second-order valence-corrected chi connectivity index (χ2v) is 6.34. The Morgan fingerprint density at radius 2 is 2.20 bits per heavy atom. The number of aliphatic hydroxyl groups excluding tert-OH is 1. The number of hydrogen-bond acceptors (Lipinski definition) is 5. The number of carbonyl (C=O) groups excluding carboxylic acids is 1. The van der Waals surface area contributed by atoms with Gasteiger partial charge in [-0.1, -0.05) is 12.1 Å². The molecule has 1 aliphatic rings. The highest BCUT2D eigenvalue weighted by molar-refractivity contribution is 5.92. The van der Waals surface area contributed by atoms with Crippen LogP contribution in [-0.2, 0) is 6.54 Å². The number of likely N-dealkylation sites (tertiary alicyclic amines) is 1. The van der Waals surface area contributed by atoms with E-state index in [1.54, 1.807) is 12.3 Å². The van der Waals surface area contributed by atoms with Crippen LogP contribution >= 0.6 is 0 Å². The third-order valence-electron chi connectivity index (χ3n) is 4.50. The number of pyridine rings is 1. The number of β-amino-alcohol motifs (C(OH)–C–C–N with tert-alkyl or cyclic N) is 1. The monoisotopic (exact) mass is 337 g/mol. The summed E-state index contributed by atoms with van der Waals surface area (Å²) in [5.41, 5.74) is 2.53. The van der Waals surface area contributed by atoms with Gasteiger partial charge in [-0.05, 0) is 29.8 Å². The third kappa shape index (κ3) is 3.38. The Morgan fingerprint density at radius 1 is 1.28 bits per heavy atom. The maximum atomic E-state index is 12.1. The predicted molar refractivity (Wildman–Crippen MR) is 92.9 cm³/mol. The van der Waals surface area contributed by atoms with E-state index in [1.165, 1.54) is 6.20 Å². The number of amides is 1. The Bertz CT molecular complexity index is 880. The van der Waals surface area contributed by atoms with Gasteiger partial charge in [0.1, 0.15) is 5.69 Å². The molecule has 3 aromatic rings. The van der Waals surface area contributed by atoms with E-state index in [-0.39, 0.29) is 11.9 Å². The number of carbonyl (C=O) groups is 1. The van der Waals surface area contributed by atoms with E-state index in [2.05, 4.69) is 37.5 Å². The van der Waals surface area contributed by atoms with E-state index in [4.69, 9.17) is 0 Å². The number of rotatable bonds is 4. The molecule has 2 aromatic heterocycles. The molecule has 0 unspecified atom stereocenters. The molecule has 1 aliphatic heterocycles. The van der Waals surface area contributed by atoms with Crippen molar-refractivity contribution in [2.75, 3.05) is 13.1 Å². The smallest absolute Gasteiger partial charge is 0.269 e. The number of nitrogens with one attached hydrogen (secondary N) is 2. The van der Waals surface area contributed by atoms with Crippen molar-refractivity contribution in [3.05, 3.63) is 60.0 Å². The zero-order valence-electron chi connectivity index (χ0n) is 13.6. The minimum atomic E-state index is -0.589. The molecule has 7 nitrogen and oxygen atoms in total. The molecule has 7 heteroatoms. The van der Waals surface area contributed by atoms with Crippen LogP contribution < -0.4 is 5.32 Å². The van der Waals surface area contributed by atoms with E-state index in [9.17, 15) is 9.90 Å². The number of benzene rings is 1. The van der Waals surface area contributed by atoms with Gasteiger partial charge >= 0.3 is 0 Å². The van der Waals surface area contributed by atoms with Gasteiger partial charge in [-0.2, -0.15) is 5.10 Å². The molecular weight excluding hydrogens is 318 g/mol. The minimum absolute atomic E-state index is 0.250. The summed E-state index contributed by atoms with van der Waals surface area (Å²) in [6.07, 6.45) is 2.72. The lowest BCUT2D eigenvalue weighted by atomic mass is 10.1. The summed E-state index contributed by atoms with van der Waals surface area (Å²) in [6, 6.07) is 11.5. The van der Waals surface area contributed by atoms with Crippen LogP contribution in [0, 0.1) is 0 Å². The van der Waals surface area contributed by atoms with Crippen molar-refractivity contribution in [1.29, 1.82) is 0 Å². The van der Waals surface area contributed by atoms with E-state index in [1.807, 2.05) is 18.2 Å². The minimum Gasteiger partial charge on any atom is -0.390 e. The maximum Gasteiger partial charge on any atom is 0.269 e. The van der Waals surface area contributed by atoms with Crippen molar-refractivity contribution >= 4 is 16.8 Å². The number of aliphatic hydroxyl groups is 1. The highest BCUT2D eigenvalue weighted by Crippen LogP contribution is 2.18. The molecule has 4 rings (SSSR count). The van der Waals surface area contributed by atoms with Crippen molar-refractivity contribution in [2.45, 2.75) is 18.7 Å². The highest BCUT2D eigenvalue weighted by atomic mass is 16.3. The van der Waals surface area contributed by atoms with Gasteiger partial charge in [-0.3, -0.25) is 19.8 Å². The summed E-state index contributed by atoms with van der Waals surface area (Å²) in [5, 5.41) is 20.6. The summed E-state index contributed by atoms with van der Waals surface area (Å²) in [5.74, 6) is -0.250. The molecule has 25 heavy (non-hydrogen) atoms. The lowest BCUT2D eigenvalue weighted by molar-refractivity contribution is 0.0883. The summed E-state index contributed by atoms with van der Waals surface area (Å²) < 4.78 is 0. The van der Waals surface area contributed by atoms with Gasteiger partial charge in [0.2, 0.25) is 0 Å². The third-order valence-corrected chi connectivity index (χ3v) is 4.50. The summed E-state index contributed by atoms with van der Waals surface area (Å²) >= 11 is 0. The average molecular weight is 337 g/mol. The largest absolute Gasteiger partial charge is 0.390 e. The van der Waals surface area contributed by atoms with Crippen LogP contribution in [0.25, 0.3) is 10.9 Å². The summed E-state index contributed by atoms with van der Waals surface area (Å²) in [7, 11) is 0. The van der Waals surface area contributed by atoms with Crippen LogP contribution in [0.2, 0.25) is 0 Å². The molecule has 3 N–H and O–H groups in total. The molecule has 2 atom stereocenters. The van der Waals surface area contributed by atoms with Gasteiger partial charge in [-0.15, -0.1) is 0 Å². The summed E-state index contributed by atoms with van der Waals surface area (Å²) in [4.78, 5) is 18.6. The van der Waals surface area contributed by atoms with Crippen LogP contribution in [0.15, 0.2) is 48.8 Å². The van der Waals surface area contributed by atoms with Crippen LogP contribution in [-0.4, -0.2) is 56.3 Å². The molecule has 128 valence electrons. The first kappa shape index (κ1) is 15.7. The molecule has 0 radical (unpaired) electrons. The van der Waals surface area contributed by atoms with E-state index >= 15 is 0 Å². The van der Waals surface area contributed by atoms with Gasteiger partial charge in [0.25, 0.3) is 5.91 Å². The van der Waals surface area contributed by atoms with Crippen molar-refractivity contribution in [3.63, 3.8) is 0 Å². The predicted octanol–water partition coefficient (Wildman–Crippen LogP) is 0.933. The first-order valence-corrected chi connectivity index (χ1v) is 8.23. The topological polar surface area (TPSA) is 94.1 Å². The normalized spacial score (nSPS) is 20.8. The van der Waals surface area contributed by atoms with Crippen molar-refractivity contribution in [3.8, 4) is 0 Å². The highest BCUT2D eigenvalue weighted by Gasteiger charge is 2.32. The SMILES string of the molecule is O=C(N[C@@H]1CN(Cc2ccc3ncccc3c2)C[C@H]1O)c1ccn[nH]1. The van der Waals surface area contributed by atoms with Gasteiger partial charge in [-0.25, -0.2) is 0 Å². The Morgan fingerprint density at radius 3 is 3.04 bits per heavy atom. The molecule has 0 aliphatic carbocycles. The number of nitrogens with zero attached hydrogens (tertiary/aromatic N) is 3. The van der Waals surface area contributed by atoms with Gasteiger partial charge in [0.15, 0.2) is 0 Å². The van der Waals surface area contributed by atoms with Crippen LogP contribution in [0.1, 0.15) is 16.1 Å². The van der Waals surface area contributed by atoms with Crippen LogP contribution in [0.5, 0.6) is 0 Å². The fraction of sp³-hybridized carbons (Fsp3) is 0.278. The molecular formula is C18H19N5O2. The molecule has 1 fully saturated rings. The Hall–Kier alpha value is -2.77. The molecule has 0 bridgehead atoms. The fourth-order valence-electron chi connectivity index (χ4n) is 3.25. The zero-order chi connectivity index (χ0) is 17.2. The zero-order valence-corrected chi connectivity index (χ0v) is 13.6. The van der Waals surface area contributed by atoms with E-state index in [0.717, 1.165) is 23.0 Å². The van der Waals surface area contributed by atoms with Crippen LogP contribution in [0.4, 0.5) is 0 Å². The Balaban J connectivity index is 1.41. The number of aromatic amines is 1. The van der Waals surface area contributed by atoms with E-state index < -0.39 is 6.10 Å². The summed E-state index contributed by atoms with van der Waals surface area (Å²) in [6.45, 7) is 1.85. The van der Waals surface area contributed by atoms with Gasteiger partial charge in [0.05, 0.1) is 17.7 Å². The molecule has 3 heterocycles. The van der Waals surface area contributed by atoms with Gasteiger partial charge < -0.3 is 10.4 Å². The first-order chi connectivity index (χ1) is 12.2. The maximum absolute atomic E-state index is 12.1. The van der Waals surface area contributed by atoms with Gasteiger partial charge in [0, 0.05) is 37.4 Å². The number of H-pyrrole nitrogens is 1. The van der Waals surface area contributed by atoms with Crippen molar-refractivity contribution < 1.29 is 9.90 Å². The van der Waals surface area contributed by atoms with E-state index in [0.29, 0.717) is 18.8 Å². The lowest BCUT2D eigenvalue weighted by Crippen LogP contribution is -2.42. The van der Waals surface area contributed by atoms with Crippen molar-refractivity contribution in [2.24, 2.45) is 0 Å². The van der Waals surface area contributed by atoms with Crippen molar-refractivity contribution in [1.82, 2.24) is 25.4 Å². The second kappa shape index (κ2) is 6.62. The number of fused-ring (bicyclic) bond motifs is 1. The molecule has 1 saturated heterocycles. The molecule has 0 spiro atoms. The lowest BCUT2D eigenvalue weighted by Gasteiger charge is -2.16.